The molecule has 0 radical (unpaired) electrons. The zero-order valence-corrected chi connectivity index (χ0v) is 29.9. The summed E-state index contributed by atoms with van der Waals surface area (Å²) in [5, 5.41) is 41.4. The van der Waals surface area contributed by atoms with E-state index in [0.29, 0.717) is 52.2 Å². The zero-order valence-electron chi connectivity index (χ0n) is 29.9. The largest absolute Gasteiger partial charge is 0.508 e. The lowest BCUT2D eigenvalue weighted by Gasteiger charge is -2.31. The van der Waals surface area contributed by atoms with Crippen LogP contribution in [-0.2, 0) is 12.8 Å². The number of aryl methyl sites for hydroxylation is 1. The monoisotopic (exact) mass is 694 g/mol. The van der Waals surface area contributed by atoms with Gasteiger partial charge in [-0.1, -0.05) is 35.4 Å². The van der Waals surface area contributed by atoms with E-state index in [1.54, 1.807) is 19.1 Å². The number of methoxy groups -OCH3 is 1. The maximum Gasteiger partial charge on any atom is 0.348 e. The van der Waals surface area contributed by atoms with Crippen molar-refractivity contribution in [3.63, 3.8) is 0 Å². The molecule has 0 unspecified atom stereocenters. The first-order chi connectivity index (χ1) is 24.0. The molecule has 4 N–H and O–H groups in total. The summed E-state index contributed by atoms with van der Waals surface area (Å²) in [6.07, 6.45) is 8.54. The first kappa shape index (κ1) is 36.4. The second-order valence-corrected chi connectivity index (χ2v) is 13.4. The van der Waals surface area contributed by atoms with Crippen LogP contribution in [0.25, 0.3) is 39.1 Å². The van der Waals surface area contributed by atoms with Gasteiger partial charge in [0.15, 0.2) is 11.0 Å². The van der Waals surface area contributed by atoms with Gasteiger partial charge >= 0.3 is 5.63 Å². The molecule has 2 aromatic heterocycles. The van der Waals surface area contributed by atoms with Crippen molar-refractivity contribution in [2.75, 3.05) is 7.11 Å². The molecule has 0 fully saturated rings. The van der Waals surface area contributed by atoms with Gasteiger partial charge in [-0.05, 0) is 91.2 Å². The molecule has 0 amide bonds. The van der Waals surface area contributed by atoms with Crippen molar-refractivity contribution in [3.8, 4) is 45.6 Å². The molecule has 0 saturated heterocycles. The Balaban J connectivity index is 0.000000226. The van der Waals surface area contributed by atoms with Crippen molar-refractivity contribution in [1.82, 2.24) is 0 Å². The summed E-state index contributed by atoms with van der Waals surface area (Å²) >= 11 is 0. The van der Waals surface area contributed by atoms with Crippen molar-refractivity contribution < 1.29 is 38.7 Å². The average molecular weight is 695 g/mol. The topological polar surface area (TPSA) is 160 Å². The Morgan fingerprint density at radius 2 is 1.47 bits per heavy atom. The minimum atomic E-state index is -0.694. The van der Waals surface area contributed by atoms with Crippen molar-refractivity contribution >= 4 is 28.0 Å². The van der Waals surface area contributed by atoms with E-state index in [0.717, 1.165) is 16.7 Å². The minimum Gasteiger partial charge on any atom is -0.508 e. The Kier molecular flexibility index (Phi) is 10.1. The molecule has 3 aromatic carbocycles. The van der Waals surface area contributed by atoms with Crippen molar-refractivity contribution in [1.29, 1.82) is 0 Å². The molecule has 0 aliphatic carbocycles. The van der Waals surface area contributed by atoms with Crippen molar-refractivity contribution in [2.45, 2.75) is 66.9 Å². The Labute approximate surface area is 294 Å². The van der Waals surface area contributed by atoms with Crippen LogP contribution in [0.5, 0.6) is 34.5 Å². The molecule has 10 nitrogen and oxygen atoms in total. The van der Waals surface area contributed by atoms with Gasteiger partial charge in [0.1, 0.15) is 67.8 Å². The first-order valence-electron chi connectivity index (χ1n) is 16.4. The van der Waals surface area contributed by atoms with E-state index in [2.05, 4.69) is 6.08 Å². The van der Waals surface area contributed by atoms with Gasteiger partial charge in [0.2, 0.25) is 0 Å². The Morgan fingerprint density at radius 3 is 2.08 bits per heavy atom. The number of fused-ring (bicyclic) bond motifs is 4. The summed E-state index contributed by atoms with van der Waals surface area (Å²) in [5.41, 5.74) is 3.14. The molecular weight excluding hydrogens is 652 g/mol. The summed E-state index contributed by atoms with van der Waals surface area (Å²) in [4.78, 5) is 24.9. The number of hydrogen-bond acceptors (Lipinski definition) is 10. The van der Waals surface area contributed by atoms with Gasteiger partial charge in [0.25, 0.3) is 0 Å². The summed E-state index contributed by atoms with van der Waals surface area (Å²) in [6, 6.07) is 8.69. The van der Waals surface area contributed by atoms with Crippen LogP contribution >= 0.6 is 0 Å². The lowest BCUT2D eigenvalue weighted by atomic mass is 9.93. The molecule has 1 aliphatic heterocycles. The van der Waals surface area contributed by atoms with E-state index in [9.17, 15) is 30.0 Å². The molecule has 0 bridgehead atoms. The second kappa shape index (κ2) is 14.1. The third-order valence-corrected chi connectivity index (χ3v) is 8.37. The number of phenols is 3. The van der Waals surface area contributed by atoms with Crippen LogP contribution in [0.2, 0.25) is 0 Å². The summed E-state index contributed by atoms with van der Waals surface area (Å²) in [6.45, 7) is 13.4. The molecule has 1 aliphatic rings. The highest BCUT2D eigenvalue weighted by molar-refractivity contribution is 6.02. The smallest absolute Gasteiger partial charge is 0.348 e. The van der Waals surface area contributed by atoms with Gasteiger partial charge < -0.3 is 38.7 Å². The van der Waals surface area contributed by atoms with E-state index in [1.165, 1.54) is 31.4 Å². The highest BCUT2D eigenvalue weighted by Gasteiger charge is 2.32. The molecule has 0 atom stereocenters. The van der Waals surface area contributed by atoms with Gasteiger partial charge in [-0.15, -0.1) is 0 Å². The summed E-state index contributed by atoms with van der Waals surface area (Å²) in [7, 11) is 1.52. The quantitative estimate of drug-likeness (QED) is 0.100. The number of ether oxygens (including phenoxy) is 2. The maximum atomic E-state index is 12.9. The van der Waals surface area contributed by atoms with Crippen LogP contribution in [-0.4, -0.2) is 33.1 Å². The fraction of sp³-hybridized carbons (Fsp3) is 0.268. The summed E-state index contributed by atoms with van der Waals surface area (Å²) in [5.74, 6) is 0.936. The number of phenolic OH excluding ortho intramolecular Hbond substituents is 3. The van der Waals surface area contributed by atoms with E-state index < -0.39 is 11.2 Å². The van der Waals surface area contributed by atoms with E-state index in [1.807, 2.05) is 59.8 Å². The van der Waals surface area contributed by atoms with Crippen LogP contribution in [0, 0.1) is 6.92 Å². The Morgan fingerprint density at radius 1 is 0.843 bits per heavy atom. The second-order valence-electron chi connectivity index (χ2n) is 13.4. The molecule has 266 valence electrons. The molecule has 0 spiro atoms. The Bertz CT molecular complexity index is 2360. The SMILES string of the molecule is CC(C)=CCc1c(O)cc2oc(C)cc(=O)c2c1O.COc1c(CC=C(C)C)c2c(c3oc(=O)c(-c4ccc(O)cc4)c(O)c13)C=CC(C)(C)O2. The van der Waals surface area contributed by atoms with Crippen LogP contribution in [0.1, 0.15) is 64.0 Å². The predicted octanol–water partition coefficient (Wildman–Crippen LogP) is 8.59. The molecule has 51 heavy (non-hydrogen) atoms. The molecular formula is C41H42O10. The highest BCUT2D eigenvalue weighted by atomic mass is 16.5. The van der Waals surface area contributed by atoms with Crippen LogP contribution < -0.4 is 20.5 Å². The third-order valence-electron chi connectivity index (χ3n) is 8.37. The van der Waals surface area contributed by atoms with Gasteiger partial charge in [-0.25, -0.2) is 4.79 Å². The van der Waals surface area contributed by atoms with Crippen molar-refractivity contribution in [2.24, 2.45) is 0 Å². The highest BCUT2D eigenvalue weighted by Crippen LogP contribution is 2.49. The zero-order chi connectivity index (χ0) is 37.4. The van der Waals surface area contributed by atoms with Crippen LogP contribution in [0.4, 0.5) is 0 Å². The van der Waals surface area contributed by atoms with E-state index in [4.69, 9.17) is 18.3 Å². The van der Waals surface area contributed by atoms with Crippen molar-refractivity contribution in [3.05, 3.63) is 109 Å². The standard InChI is InChI=1S/C26H26O6.C15H16O4/c1-14(2)6-11-17-22-18(12-13-26(3,4)32-22)24-20(23(17)30-5)21(28)19(25(29)31-24)15-7-9-16(27)10-8-15;1-8(2)4-5-10-11(16)7-13-14(15(10)18)12(17)6-9(3)19-13/h6-10,12-13,27-28H,11H2,1-5H3;4,6-7,16,18H,5H2,1-3H3. The number of rotatable bonds is 6. The van der Waals surface area contributed by atoms with Crippen LogP contribution in [0.15, 0.2) is 84.2 Å². The molecule has 0 saturated carbocycles. The average Bonchev–Trinajstić information content (AvgIpc) is 3.03. The van der Waals surface area contributed by atoms with Crippen LogP contribution in [0.3, 0.4) is 0 Å². The fourth-order valence-corrected chi connectivity index (χ4v) is 5.85. The van der Waals surface area contributed by atoms with Gasteiger partial charge in [-0.2, -0.15) is 0 Å². The molecule has 6 rings (SSSR count). The maximum absolute atomic E-state index is 12.9. The number of allylic oxidation sites excluding steroid dienone is 4. The third kappa shape index (κ3) is 7.35. The predicted molar refractivity (Wildman–Crippen MR) is 198 cm³/mol. The lowest BCUT2D eigenvalue weighted by molar-refractivity contribution is 0.157. The van der Waals surface area contributed by atoms with Gasteiger partial charge in [0.05, 0.1) is 12.7 Å². The number of benzene rings is 3. The number of hydrogen-bond donors (Lipinski definition) is 4. The number of aromatic hydroxyl groups is 4. The normalized spacial score (nSPS) is 12.8. The Hall–Kier alpha value is -5.90. The summed E-state index contributed by atoms with van der Waals surface area (Å²) < 4.78 is 23.1. The van der Waals surface area contributed by atoms with E-state index >= 15 is 0 Å². The fourth-order valence-electron chi connectivity index (χ4n) is 5.85. The minimum absolute atomic E-state index is 0.00458. The van der Waals surface area contributed by atoms with E-state index in [-0.39, 0.29) is 50.5 Å². The molecule has 10 heteroatoms. The van der Waals surface area contributed by atoms with Gasteiger partial charge in [0, 0.05) is 23.3 Å². The lowest BCUT2D eigenvalue weighted by Crippen LogP contribution is -2.28. The first-order valence-corrected chi connectivity index (χ1v) is 16.4. The molecule has 5 aromatic rings. The van der Waals surface area contributed by atoms with Gasteiger partial charge in [-0.3, -0.25) is 4.79 Å². The molecule has 3 heterocycles.